The zero-order valence-electron chi connectivity index (χ0n) is 24.6. The highest BCUT2D eigenvalue weighted by molar-refractivity contribution is 8.23. The molecule has 2 aliphatic rings. The number of anilines is 1. The van der Waals surface area contributed by atoms with Crippen LogP contribution < -0.4 is 10.6 Å². The van der Waals surface area contributed by atoms with Crippen LogP contribution in [0.3, 0.4) is 0 Å². The Hall–Kier alpha value is -4.44. The second kappa shape index (κ2) is 12.4. The molecule has 2 amide bonds. The maximum absolute atomic E-state index is 12.4. The van der Waals surface area contributed by atoms with Crippen molar-refractivity contribution in [3.05, 3.63) is 91.0 Å². The molecule has 0 unspecified atom stereocenters. The first-order valence-electron chi connectivity index (χ1n) is 14.7. The van der Waals surface area contributed by atoms with Gasteiger partial charge in [0.25, 0.3) is 0 Å². The number of nitrogens with zero attached hydrogens (tertiary/aromatic N) is 6. The second-order valence-corrected chi connectivity index (χ2v) is 13.5. The van der Waals surface area contributed by atoms with E-state index >= 15 is 0 Å². The number of hydrogen-bond donors (Lipinski definition) is 2. The highest BCUT2D eigenvalue weighted by atomic mass is 32.3. The van der Waals surface area contributed by atoms with Gasteiger partial charge in [-0.2, -0.15) is 23.4 Å². The van der Waals surface area contributed by atoms with Crippen LogP contribution in [0, 0.1) is 0 Å². The first-order chi connectivity index (χ1) is 22.2. The van der Waals surface area contributed by atoms with Gasteiger partial charge in [-0.15, -0.1) is 10.8 Å². The summed E-state index contributed by atoms with van der Waals surface area (Å²) in [7, 11) is -1.72. The normalized spacial score (nSPS) is 17.8. The Labute approximate surface area is 267 Å². The number of imidazole rings is 1. The topological polar surface area (TPSA) is 111 Å². The summed E-state index contributed by atoms with van der Waals surface area (Å²) in [5.41, 5.74) is 5.30. The molecule has 244 valence electrons. The Kier molecular flexibility index (Phi) is 8.15. The number of amides is 2. The molecule has 3 aromatic heterocycles. The zero-order chi connectivity index (χ0) is 31.7. The lowest BCUT2D eigenvalue weighted by Gasteiger charge is -2.57. The van der Waals surface area contributed by atoms with E-state index in [1.165, 1.54) is 5.56 Å². The van der Waals surface area contributed by atoms with E-state index < -0.39 is 29.5 Å². The summed E-state index contributed by atoms with van der Waals surface area (Å²) in [6.07, 6.45) is 4.64. The molecule has 5 heterocycles. The van der Waals surface area contributed by atoms with Crippen molar-refractivity contribution in [3.63, 3.8) is 0 Å². The summed E-state index contributed by atoms with van der Waals surface area (Å²) >= 11 is 0. The third-order valence-electron chi connectivity index (χ3n) is 8.01. The first kappa shape index (κ1) is 30.2. The zero-order valence-corrected chi connectivity index (χ0v) is 25.4. The molecule has 0 atom stereocenters. The van der Waals surface area contributed by atoms with Gasteiger partial charge in [-0.25, -0.2) is 27.0 Å². The van der Waals surface area contributed by atoms with Gasteiger partial charge in [0.05, 0.1) is 36.1 Å². The minimum atomic E-state index is -4.50. The van der Waals surface area contributed by atoms with Crippen LogP contribution in [0.15, 0.2) is 85.5 Å². The van der Waals surface area contributed by atoms with Crippen molar-refractivity contribution in [3.8, 4) is 22.4 Å². The van der Waals surface area contributed by atoms with Gasteiger partial charge in [-0.3, -0.25) is 4.68 Å². The van der Waals surface area contributed by atoms with E-state index in [0.29, 0.717) is 29.4 Å². The highest BCUT2D eigenvalue weighted by Gasteiger charge is 2.39. The number of fused-ring (bicyclic) bond motifs is 1. The fourth-order valence-corrected chi connectivity index (χ4v) is 8.03. The van der Waals surface area contributed by atoms with E-state index in [4.69, 9.17) is 8.37 Å². The van der Waals surface area contributed by atoms with Crippen LogP contribution in [0.2, 0.25) is 0 Å². The van der Waals surface area contributed by atoms with Crippen LogP contribution in [0.5, 0.6) is 0 Å². The van der Waals surface area contributed by atoms with E-state index in [1.54, 1.807) is 46.5 Å². The number of piperidine rings is 1. The second-order valence-electron chi connectivity index (χ2n) is 11.1. The molecule has 2 fully saturated rings. The van der Waals surface area contributed by atoms with Crippen molar-refractivity contribution >= 4 is 28.1 Å². The average molecular weight is 657 g/mol. The van der Waals surface area contributed by atoms with E-state index in [2.05, 4.69) is 36.9 Å². The number of carbonyl (C=O) groups is 1. The van der Waals surface area contributed by atoms with Crippen LogP contribution in [0.25, 0.3) is 28.0 Å². The molecule has 0 aliphatic carbocycles. The van der Waals surface area contributed by atoms with Crippen molar-refractivity contribution in [1.29, 1.82) is 0 Å². The molecule has 7 rings (SSSR count). The van der Waals surface area contributed by atoms with Gasteiger partial charge in [0.1, 0.15) is 6.54 Å². The van der Waals surface area contributed by atoms with E-state index in [-0.39, 0.29) is 8.90 Å². The minimum Gasteiger partial charge on any atom is -0.329 e. The predicted octanol–water partition coefficient (Wildman–Crippen LogP) is 6.83. The van der Waals surface area contributed by atoms with Crippen LogP contribution in [0.1, 0.15) is 27.3 Å². The van der Waals surface area contributed by atoms with Crippen molar-refractivity contribution in [2.45, 2.75) is 30.8 Å². The summed E-state index contributed by atoms with van der Waals surface area (Å²) in [5.74, 6) is 0.764. The maximum Gasteiger partial charge on any atom is 0.405 e. The number of halogens is 3. The van der Waals surface area contributed by atoms with Gasteiger partial charge in [0.2, 0.25) is 0 Å². The Balaban J connectivity index is 0.00000225. The molecule has 46 heavy (non-hydrogen) atoms. The minimum absolute atomic E-state index is 0. The van der Waals surface area contributed by atoms with Crippen LogP contribution in [0.4, 0.5) is 23.7 Å². The smallest absolute Gasteiger partial charge is 0.329 e. The molecule has 0 bridgehead atoms. The van der Waals surface area contributed by atoms with Gasteiger partial charge in [-0.05, 0) is 36.6 Å². The lowest BCUT2D eigenvalue weighted by molar-refractivity contribution is -0.122. The lowest BCUT2D eigenvalue weighted by Crippen LogP contribution is -2.43. The monoisotopic (exact) mass is 656 g/mol. The predicted molar refractivity (Wildman–Crippen MR) is 172 cm³/mol. The van der Waals surface area contributed by atoms with Crippen LogP contribution in [-0.4, -0.2) is 67.3 Å². The summed E-state index contributed by atoms with van der Waals surface area (Å²) in [4.78, 5) is 16.4. The number of nitrogens with one attached hydrogen (secondary N) is 2. The fraction of sp³-hybridized carbons (Fsp3) is 0.290. The number of aromatic nitrogens is 5. The van der Waals surface area contributed by atoms with Crippen molar-refractivity contribution < 1.29 is 29.2 Å². The molecule has 2 saturated heterocycles. The Bertz CT molecular complexity index is 1850. The third kappa shape index (κ3) is 6.44. The van der Waals surface area contributed by atoms with Crippen molar-refractivity contribution in [2.75, 3.05) is 31.7 Å². The standard InChI is InChI=1S/C31H31F3N8O3S.2H2/c32-31(33,34)20-36-30(43)39-26-8-4-7-23(13-26)28-17-35-29-14-24(15-38-42(28)29)25-16-37-41(18-25)27-9-11-40(12-10-27)46(44-21-45-46)19-22-5-2-1-3-6-22;;/h1-8,13-18,27H,9-12,19-21H2,(H2,36,39,43);2*1H. The third-order valence-corrected chi connectivity index (χ3v) is 10.8. The molecule has 2 N–H and O–H groups in total. The molecule has 0 saturated carbocycles. The molecule has 2 aliphatic heterocycles. The van der Waals surface area contributed by atoms with Crippen molar-refractivity contribution in [1.82, 2.24) is 34.0 Å². The lowest BCUT2D eigenvalue weighted by atomic mass is 10.1. The summed E-state index contributed by atoms with van der Waals surface area (Å²) in [5, 5.41) is 13.5. The number of carbonyl (C=O) groups excluding carboxylic acids is 1. The molecule has 0 radical (unpaired) electrons. The quantitative estimate of drug-likeness (QED) is 0.189. The Morgan fingerprint density at radius 1 is 0.957 bits per heavy atom. The van der Waals surface area contributed by atoms with E-state index in [9.17, 15) is 18.0 Å². The Morgan fingerprint density at radius 2 is 1.74 bits per heavy atom. The molecule has 15 heteroatoms. The van der Waals surface area contributed by atoms with Gasteiger partial charge in [0, 0.05) is 44.5 Å². The van der Waals surface area contributed by atoms with Gasteiger partial charge in [0.15, 0.2) is 12.4 Å². The number of urea groups is 1. The van der Waals surface area contributed by atoms with Gasteiger partial charge >= 0.3 is 12.2 Å². The molecule has 5 aromatic rings. The van der Waals surface area contributed by atoms with Crippen LogP contribution in [-0.2, 0) is 14.1 Å². The first-order valence-corrected chi connectivity index (χ1v) is 16.3. The molecule has 0 spiro atoms. The summed E-state index contributed by atoms with van der Waals surface area (Å²) < 4.78 is 55.5. The summed E-state index contributed by atoms with van der Waals surface area (Å²) in [6, 6.07) is 18.3. The highest BCUT2D eigenvalue weighted by Crippen LogP contribution is 2.63. The maximum atomic E-state index is 12.4. The SMILES string of the molecule is O=C(NCC(F)(F)F)Nc1cccc(-c2cnc3cc(-c4cnn(C5CCN(S6(Cc7ccccc7)OCO6)CC5)c4)cnn23)c1.[HH].[HH]. The number of hydrogen-bond acceptors (Lipinski definition) is 7. The molecule has 11 nitrogen and oxygen atoms in total. The fourth-order valence-electron chi connectivity index (χ4n) is 5.68. The van der Waals surface area contributed by atoms with Crippen LogP contribution >= 0.6 is 10.8 Å². The van der Waals surface area contributed by atoms with E-state index in [0.717, 1.165) is 42.8 Å². The number of rotatable bonds is 8. The molecular formula is C31H35F3N8O3S. The number of alkyl halides is 3. The molecule has 2 aromatic carbocycles. The largest absolute Gasteiger partial charge is 0.405 e. The average Bonchev–Trinajstić information content (AvgIpc) is 3.70. The summed E-state index contributed by atoms with van der Waals surface area (Å²) in [6.45, 7) is 0.651. The van der Waals surface area contributed by atoms with Gasteiger partial charge < -0.3 is 10.6 Å². The van der Waals surface area contributed by atoms with Gasteiger partial charge in [-0.1, -0.05) is 42.5 Å². The van der Waals surface area contributed by atoms with E-state index in [1.807, 2.05) is 41.3 Å². The number of benzene rings is 2. The van der Waals surface area contributed by atoms with Crippen molar-refractivity contribution in [2.24, 2.45) is 0 Å². The molecular weight excluding hydrogens is 621 g/mol. The Morgan fingerprint density at radius 3 is 2.48 bits per heavy atom.